The Morgan fingerprint density at radius 3 is 2.87 bits per heavy atom. The number of carbonyl (C=O) groups is 1. The summed E-state index contributed by atoms with van der Waals surface area (Å²) in [5, 5.41) is 3.04. The van der Waals surface area contributed by atoms with E-state index in [1.165, 1.54) is 19.3 Å². The van der Waals surface area contributed by atoms with Crippen LogP contribution in [0.25, 0.3) is 0 Å². The van der Waals surface area contributed by atoms with Crippen LogP contribution in [0, 0.1) is 5.92 Å². The van der Waals surface area contributed by atoms with Crippen LogP contribution in [0.4, 0.5) is 0 Å². The van der Waals surface area contributed by atoms with Gasteiger partial charge in [-0.25, -0.2) is 0 Å². The van der Waals surface area contributed by atoms with Crippen LogP contribution in [0.2, 0.25) is 0 Å². The van der Waals surface area contributed by atoms with Crippen LogP contribution in [0.1, 0.15) is 51.9 Å². The van der Waals surface area contributed by atoms with Crippen molar-refractivity contribution in [1.29, 1.82) is 0 Å². The number of hydrogen-bond acceptors (Lipinski definition) is 1. The molecule has 1 aliphatic carbocycles. The Hall–Kier alpha value is -0.790. The van der Waals surface area contributed by atoms with E-state index >= 15 is 0 Å². The number of carbonyl (C=O) groups excluding carboxylic acids is 1. The normalized spacial score (nSPS) is 20.2. The molecule has 0 aliphatic heterocycles. The van der Waals surface area contributed by atoms with Gasteiger partial charge in [0, 0.05) is 12.5 Å². The topological polar surface area (TPSA) is 29.1 Å². The summed E-state index contributed by atoms with van der Waals surface area (Å²) in [6.45, 7) is 3.06. The Morgan fingerprint density at radius 1 is 1.33 bits per heavy atom. The zero-order valence-electron chi connectivity index (χ0n) is 9.80. The third kappa shape index (κ3) is 5.01. The van der Waals surface area contributed by atoms with Gasteiger partial charge in [0.1, 0.15) is 0 Å². The predicted octanol–water partition coefficient (Wildman–Crippen LogP) is 3.04. The van der Waals surface area contributed by atoms with E-state index in [0.29, 0.717) is 0 Å². The van der Waals surface area contributed by atoms with Crippen LogP contribution < -0.4 is 5.32 Å². The molecule has 0 aromatic rings. The molecule has 0 saturated heterocycles. The first-order valence-electron chi connectivity index (χ1n) is 6.27. The van der Waals surface area contributed by atoms with Crippen molar-refractivity contribution in [2.45, 2.75) is 51.9 Å². The predicted molar refractivity (Wildman–Crippen MR) is 63.6 cm³/mol. The lowest BCUT2D eigenvalue weighted by atomic mass is 9.94. The molecule has 0 aromatic heterocycles. The maximum atomic E-state index is 11.7. The second-order valence-corrected chi connectivity index (χ2v) is 4.33. The van der Waals surface area contributed by atoms with Gasteiger partial charge in [0.15, 0.2) is 0 Å². The molecule has 1 unspecified atom stereocenters. The maximum absolute atomic E-state index is 11.7. The molecule has 1 atom stereocenters. The summed E-state index contributed by atoms with van der Waals surface area (Å²) in [6, 6.07) is 0. The molecule has 15 heavy (non-hydrogen) atoms. The molecule has 0 radical (unpaired) electrons. The highest BCUT2D eigenvalue weighted by Gasteiger charge is 2.17. The van der Waals surface area contributed by atoms with Gasteiger partial charge < -0.3 is 5.32 Å². The van der Waals surface area contributed by atoms with Crippen LogP contribution in [-0.4, -0.2) is 12.5 Å². The largest absolute Gasteiger partial charge is 0.356 e. The van der Waals surface area contributed by atoms with Gasteiger partial charge in [-0.3, -0.25) is 4.79 Å². The van der Waals surface area contributed by atoms with Gasteiger partial charge in [-0.1, -0.05) is 38.3 Å². The third-order valence-corrected chi connectivity index (χ3v) is 2.97. The minimum atomic E-state index is 0.237. The van der Waals surface area contributed by atoms with Crippen LogP contribution in [0.5, 0.6) is 0 Å². The molecule has 0 fully saturated rings. The highest BCUT2D eigenvalue weighted by Crippen LogP contribution is 2.17. The van der Waals surface area contributed by atoms with E-state index in [-0.39, 0.29) is 11.8 Å². The molecule has 86 valence electrons. The van der Waals surface area contributed by atoms with E-state index in [4.69, 9.17) is 0 Å². The lowest BCUT2D eigenvalue weighted by Crippen LogP contribution is -2.31. The van der Waals surface area contributed by atoms with Gasteiger partial charge in [-0.2, -0.15) is 0 Å². The Bertz CT molecular complexity index is 211. The van der Waals surface area contributed by atoms with E-state index in [9.17, 15) is 4.79 Å². The quantitative estimate of drug-likeness (QED) is 0.528. The molecule has 0 aromatic carbocycles. The standard InChI is InChI=1S/C13H23NO/c1-2-3-4-8-11-14-13(15)12-9-6-5-7-10-12/h5-6,12H,2-4,7-11H2,1H3,(H,14,15). The fourth-order valence-electron chi connectivity index (χ4n) is 1.94. The summed E-state index contributed by atoms with van der Waals surface area (Å²) < 4.78 is 0. The zero-order valence-corrected chi connectivity index (χ0v) is 9.80. The maximum Gasteiger partial charge on any atom is 0.223 e. The summed E-state index contributed by atoms with van der Waals surface area (Å²) in [5.41, 5.74) is 0. The summed E-state index contributed by atoms with van der Waals surface area (Å²) in [6.07, 6.45) is 12.2. The van der Waals surface area contributed by atoms with Crippen LogP contribution in [0.15, 0.2) is 12.2 Å². The van der Waals surface area contributed by atoms with Gasteiger partial charge >= 0.3 is 0 Å². The molecule has 1 amide bonds. The van der Waals surface area contributed by atoms with Crippen LogP contribution in [-0.2, 0) is 4.79 Å². The molecular weight excluding hydrogens is 186 g/mol. The molecule has 2 nitrogen and oxygen atoms in total. The van der Waals surface area contributed by atoms with Crippen molar-refractivity contribution in [3.05, 3.63) is 12.2 Å². The molecule has 0 bridgehead atoms. The van der Waals surface area contributed by atoms with Crippen molar-refractivity contribution >= 4 is 5.91 Å². The summed E-state index contributed by atoms with van der Waals surface area (Å²) in [7, 11) is 0. The van der Waals surface area contributed by atoms with E-state index in [1.54, 1.807) is 0 Å². The van der Waals surface area contributed by atoms with Gasteiger partial charge in [-0.15, -0.1) is 0 Å². The van der Waals surface area contributed by atoms with Crippen LogP contribution >= 0.6 is 0 Å². The first kappa shape index (κ1) is 12.3. The molecule has 1 N–H and O–H groups in total. The lowest BCUT2D eigenvalue weighted by molar-refractivity contribution is -0.125. The van der Waals surface area contributed by atoms with Crippen molar-refractivity contribution in [2.75, 3.05) is 6.54 Å². The number of nitrogens with one attached hydrogen (secondary N) is 1. The van der Waals surface area contributed by atoms with E-state index < -0.39 is 0 Å². The van der Waals surface area contributed by atoms with Crippen molar-refractivity contribution in [2.24, 2.45) is 5.92 Å². The Morgan fingerprint density at radius 2 is 2.20 bits per heavy atom. The average Bonchev–Trinajstić information content (AvgIpc) is 2.30. The second kappa shape index (κ2) is 7.49. The number of unbranched alkanes of at least 4 members (excludes halogenated alkanes) is 3. The monoisotopic (exact) mass is 209 g/mol. The molecule has 1 rings (SSSR count). The number of hydrogen-bond donors (Lipinski definition) is 1. The van der Waals surface area contributed by atoms with Gasteiger partial charge in [0.25, 0.3) is 0 Å². The minimum absolute atomic E-state index is 0.237. The fourth-order valence-corrected chi connectivity index (χ4v) is 1.94. The Balaban J connectivity index is 2.05. The van der Waals surface area contributed by atoms with Crippen molar-refractivity contribution in [3.8, 4) is 0 Å². The molecular formula is C13H23NO. The first-order chi connectivity index (χ1) is 7.34. The highest BCUT2D eigenvalue weighted by molar-refractivity contribution is 5.78. The zero-order chi connectivity index (χ0) is 10.9. The first-order valence-corrected chi connectivity index (χ1v) is 6.27. The molecule has 0 spiro atoms. The average molecular weight is 209 g/mol. The van der Waals surface area contributed by atoms with E-state index in [0.717, 1.165) is 32.2 Å². The fraction of sp³-hybridized carbons (Fsp3) is 0.769. The third-order valence-electron chi connectivity index (χ3n) is 2.97. The highest BCUT2D eigenvalue weighted by atomic mass is 16.1. The minimum Gasteiger partial charge on any atom is -0.356 e. The van der Waals surface area contributed by atoms with Gasteiger partial charge in [-0.05, 0) is 25.7 Å². The molecule has 0 saturated carbocycles. The van der Waals surface area contributed by atoms with E-state index in [1.807, 2.05) is 0 Å². The molecule has 1 aliphatic rings. The number of allylic oxidation sites excluding steroid dienone is 2. The van der Waals surface area contributed by atoms with Crippen LogP contribution in [0.3, 0.4) is 0 Å². The van der Waals surface area contributed by atoms with Crippen molar-refractivity contribution < 1.29 is 4.79 Å². The molecule has 0 heterocycles. The smallest absolute Gasteiger partial charge is 0.223 e. The SMILES string of the molecule is CCCCCCNC(=O)C1CC=CCC1. The van der Waals surface area contributed by atoms with E-state index in [2.05, 4.69) is 24.4 Å². The molecule has 2 heteroatoms. The van der Waals surface area contributed by atoms with Gasteiger partial charge in [0.2, 0.25) is 5.91 Å². The summed E-state index contributed by atoms with van der Waals surface area (Å²) in [5.74, 6) is 0.497. The second-order valence-electron chi connectivity index (χ2n) is 4.33. The Labute approximate surface area is 93.1 Å². The summed E-state index contributed by atoms with van der Waals surface area (Å²) in [4.78, 5) is 11.7. The number of rotatable bonds is 6. The Kier molecular flexibility index (Phi) is 6.14. The summed E-state index contributed by atoms with van der Waals surface area (Å²) >= 11 is 0. The lowest BCUT2D eigenvalue weighted by Gasteiger charge is -2.17. The number of amides is 1. The van der Waals surface area contributed by atoms with Crippen molar-refractivity contribution in [3.63, 3.8) is 0 Å². The van der Waals surface area contributed by atoms with Gasteiger partial charge in [0.05, 0.1) is 0 Å². The van der Waals surface area contributed by atoms with Crippen molar-refractivity contribution in [1.82, 2.24) is 5.32 Å².